The summed E-state index contributed by atoms with van der Waals surface area (Å²) >= 11 is 0. The fourth-order valence-corrected chi connectivity index (χ4v) is 4.97. The quantitative estimate of drug-likeness (QED) is 0.496. The molecule has 2 aromatic rings. The first kappa shape index (κ1) is 25.0. The van der Waals surface area contributed by atoms with Crippen molar-refractivity contribution < 1.29 is 31.1 Å². The molecule has 4 rings (SSSR count). The van der Waals surface area contributed by atoms with E-state index in [0.717, 1.165) is 56.6 Å². The highest BCUT2D eigenvalue weighted by Gasteiger charge is 2.43. The predicted molar refractivity (Wildman–Crippen MR) is 116 cm³/mol. The van der Waals surface area contributed by atoms with Crippen molar-refractivity contribution in [3.8, 4) is 0 Å². The molecule has 2 saturated heterocycles. The Labute approximate surface area is 195 Å². The van der Waals surface area contributed by atoms with Crippen molar-refractivity contribution in [2.75, 3.05) is 26.2 Å². The van der Waals surface area contributed by atoms with Crippen LogP contribution in [0.4, 0.5) is 26.3 Å². The number of hydrogen-bond acceptors (Lipinski definition) is 3. The van der Waals surface area contributed by atoms with E-state index in [1.54, 1.807) is 0 Å². The van der Waals surface area contributed by atoms with Gasteiger partial charge in [-0.1, -0.05) is 30.3 Å². The summed E-state index contributed by atoms with van der Waals surface area (Å²) in [4.78, 5) is 2.43. The molecule has 0 aliphatic carbocycles. The summed E-state index contributed by atoms with van der Waals surface area (Å²) in [7, 11) is 0. The number of alkyl halides is 6. The van der Waals surface area contributed by atoms with Gasteiger partial charge in [-0.05, 0) is 68.6 Å². The lowest BCUT2D eigenvalue weighted by Crippen LogP contribution is -2.41. The van der Waals surface area contributed by atoms with Gasteiger partial charge in [-0.2, -0.15) is 26.3 Å². The minimum Gasteiger partial charge on any atom is -0.372 e. The van der Waals surface area contributed by atoms with Gasteiger partial charge in [-0.25, -0.2) is 0 Å². The molecule has 9 heteroatoms. The molecule has 186 valence electrons. The number of likely N-dealkylation sites (tertiary alicyclic amines) is 1. The van der Waals surface area contributed by atoms with Crippen LogP contribution < -0.4 is 5.32 Å². The van der Waals surface area contributed by atoms with Crippen LogP contribution in [0.5, 0.6) is 0 Å². The molecule has 2 heterocycles. The number of ether oxygens (including phenoxy) is 1. The minimum atomic E-state index is -4.89. The van der Waals surface area contributed by atoms with E-state index in [4.69, 9.17) is 4.74 Å². The van der Waals surface area contributed by atoms with Crippen LogP contribution in [-0.2, 0) is 22.6 Å². The molecule has 3 atom stereocenters. The number of benzene rings is 2. The number of halogens is 6. The minimum absolute atomic E-state index is 0.125. The SMILES string of the molecule is C[C@@H](OC[C@@]1(c2ccccc2)C[C@@H](N2CCCC2)CN1)c1cc(C(F)(F)F)cc(C(F)(F)F)c1. The smallest absolute Gasteiger partial charge is 0.372 e. The lowest BCUT2D eigenvalue weighted by molar-refractivity contribution is -0.143. The summed E-state index contributed by atoms with van der Waals surface area (Å²) < 4.78 is 85.7. The first-order chi connectivity index (χ1) is 16.0. The molecule has 0 saturated carbocycles. The molecule has 2 aliphatic heterocycles. The van der Waals surface area contributed by atoms with Gasteiger partial charge in [-0.15, -0.1) is 0 Å². The highest BCUT2D eigenvalue weighted by molar-refractivity contribution is 5.35. The van der Waals surface area contributed by atoms with Gasteiger partial charge in [-0.3, -0.25) is 4.90 Å². The molecule has 2 fully saturated rings. The molecule has 34 heavy (non-hydrogen) atoms. The third kappa shape index (κ3) is 5.42. The first-order valence-electron chi connectivity index (χ1n) is 11.4. The van der Waals surface area contributed by atoms with E-state index in [1.807, 2.05) is 30.3 Å². The zero-order valence-electron chi connectivity index (χ0n) is 18.8. The van der Waals surface area contributed by atoms with Crippen LogP contribution in [0, 0.1) is 0 Å². The van der Waals surface area contributed by atoms with Gasteiger partial charge in [0.15, 0.2) is 0 Å². The molecule has 0 bridgehead atoms. The molecule has 0 unspecified atom stereocenters. The second-order valence-corrected chi connectivity index (χ2v) is 9.22. The van der Waals surface area contributed by atoms with Crippen LogP contribution in [-0.4, -0.2) is 37.2 Å². The zero-order chi connectivity index (χ0) is 24.6. The Balaban J connectivity index is 1.57. The fraction of sp³-hybridized carbons (Fsp3) is 0.520. The summed E-state index contributed by atoms with van der Waals surface area (Å²) in [6.45, 7) is 4.41. The maximum absolute atomic E-state index is 13.3. The second kappa shape index (κ2) is 9.51. The lowest BCUT2D eigenvalue weighted by Gasteiger charge is -2.33. The average Bonchev–Trinajstić information content (AvgIpc) is 3.47. The van der Waals surface area contributed by atoms with Crippen molar-refractivity contribution in [1.82, 2.24) is 10.2 Å². The van der Waals surface area contributed by atoms with Crippen LogP contribution in [0.3, 0.4) is 0 Å². The largest absolute Gasteiger partial charge is 0.416 e. The summed E-state index contributed by atoms with van der Waals surface area (Å²) in [5, 5.41) is 3.56. The monoisotopic (exact) mass is 486 g/mol. The van der Waals surface area contributed by atoms with Crippen LogP contribution >= 0.6 is 0 Å². The summed E-state index contributed by atoms with van der Waals surface area (Å²) in [5.41, 5.74) is -2.40. The van der Waals surface area contributed by atoms with E-state index in [0.29, 0.717) is 6.04 Å². The molecular weight excluding hydrogens is 458 g/mol. The van der Waals surface area contributed by atoms with Gasteiger partial charge in [0.25, 0.3) is 0 Å². The molecule has 2 aliphatic rings. The molecule has 2 aromatic carbocycles. The zero-order valence-corrected chi connectivity index (χ0v) is 18.8. The molecular formula is C25H28F6N2O. The average molecular weight is 486 g/mol. The lowest BCUT2D eigenvalue weighted by atomic mass is 9.87. The van der Waals surface area contributed by atoms with Crippen molar-refractivity contribution in [2.24, 2.45) is 0 Å². The van der Waals surface area contributed by atoms with Crippen molar-refractivity contribution in [3.05, 3.63) is 70.8 Å². The molecule has 0 spiro atoms. The van der Waals surface area contributed by atoms with E-state index in [2.05, 4.69) is 10.2 Å². The van der Waals surface area contributed by atoms with Crippen molar-refractivity contribution >= 4 is 0 Å². The van der Waals surface area contributed by atoms with Gasteiger partial charge in [0, 0.05) is 12.6 Å². The Morgan fingerprint density at radius 3 is 2.12 bits per heavy atom. The van der Waals surface area contributed by atoms with E-state index < -0.39 is 35.1 Å². The Morgan fingerprint density at radius 2 is 1.56 bits per heavy atom. The number of nitrogens with zero attached hydrogens (tertiary/aromatic N) is 1. The molecule has 1 N–H and O–H groups in total. The number of nitrogens with one attached hydrogen (secondary N) is 1. The van der Waals surface area contributed by atoms with E-state index in [-0.39, 0.29) is 18.2 Å². The van der Waals surface area contributed by atoms with Gasteiger partial charge < -0.3 is 10.1 Å². The second-order valence-electron chi connectivity index (χ2n) is 9.22. The normalized spacial score (nSPS) is 25.1. The first-order valence-corrected chi connectivity index (χ1v) is 11.4. The molecule has 0 aromatic heterocycles. The third-order valence-electron chi connectivity index (χ3n) is 6.90. The third-order valence-corrected chi connectivity index (χ3v) is 6.90. The number of rotatable bonds is 6. The van der Waals surface area contributed by atoms with Gasteiger partial charge in [0.05, 0.1) is 29.4 Å². The van der Waals surface area contributed by atoms with Crippen molar-refractivity contribution in [1.29, 1.82) is 0 Å². The maximum atomic E-state index is 13.3. The van der Waals surface area contributed by atoms with Crippen LogP contribution in [0.15, 0.2) is 48.5 Å². The Kier molecular flexibility index (Phi) is 6.99. The van der Waals surface area contributed by atoms with E-state index in [1.165, 1.54) is 6.92 Å². The maximum Gasteiger partial charge on any atom is 0.416 e. The summed E-state index contributed by atoms with van der Waals surface area (Å²) in [6, 6.07) is 11.6. The van der Waals surface area contributed by atoms with Crippen LogP contribution in [0.1, 0.15) is 54.5 Å². The van der Waals surface area contributed by atoms with Crippen molar-refractivity contribution in [2.45, 2.75) is 56.2 Å². The molecule has 0 amide bonds. The summed E-state index contributed by atoms with van der Waals surface area (Å²) in [6.07, 6.45) is -7.69. The Bertz CT molecular complexity index is 939. The van der Waals surface area contributed by atoms with Crippen LogP contribution in [0.2, 0.25) is 0 Å². The standard InChI is InChI=1S/C25H28F6N2O/c1-17(18-11-20(24(26,27)28)13-21(12-18)25(29,30)31)34-16-23(19-7-3-2-4-8-19)14-22(15-32-23)33-9-5-6-10-33/h2-4,7-8,11-13,17,22,32H,5-6,9-10,14-16H2,1H3/t17-,22-,23-/m1/s1. The van der Waals surface area contributed by atoms with Crippen LogP contribution in [0.25, 0.3) is 0 Å². The highest BCUT2D eigenvalue weighted by Crippen LogP contribution is 2.39. The predicted octanol–water partition coefficient (Wildman–Crippen LogP) is 6.16. The van der Waals surface area contributed by atoms with E-state index in [9.17, 15) is 26.3 Å². The van der Waals surface area contributed by atoms with E-state index >= 15 is 0 Å². The highest BCUT2D eigenvalue weighted by atomic mass is 19.4. The van der Waals surface area contributed by atoms with Gasteiger partial charge in [0.2, 0.25) is 0 Å². The number of hydrogen-bond donors (Lipinski definition) is 1. The van der Waals surface area contributed by atoms with Crippen molar-refractivity contribution in [3.63, 3.8) is 0 Å². The molecule has 0 radical (unpaired) electrons. The summed E-state index contributed by atoms with van der Waals surface area (Å²) in [5.74, 6) is 0. The van der Waals surface area contributed by atoms with Gasteiger partial charge in [0.1, 0.15) is 0 Å². The topological polar surface area (TPSA) is 24.5 Å². The van der Waals surface area contributed by atoms with Gasteiger partial charge >= 0.3 is 12.4 Å². The fourth-order valence-electron chi connectivity index (χ4n) is 4.97. The molecule has 3 nitrogen and oxygen atoms in total. The Morgan fingerprint density at radius 1 is 0.971 bits per heavy atom. The Hall–Kier alpha value is -2.10.